The lowest BCUT2D eigenvalue weighted by Crippen LogP contribution is -2.65. The Balaban J connectivity index is 5.95. The molecule has 31 heavy (non-hydrogen) atoms. The van der Waals surface area contributed by atoms with Crippen molar-refractivity contribution in [2.24, 2.45) is 0 Å². The molecule has 1 unspecified atom stereocenters. The van der Waals surface area contributed by atoms with Crippen LogP contribution in [-0.2, 0) is 14.0 Å². The normalized spacial score (nSPS) is 15.5. The number of hydrogen-bond acceptors (Lipinski definition) is 4. The molecule has 0 saturated carbocycles. The molecule has 0 saturated heterocycles. The van der Waals surface area contributed by atoms with Crippen LogP contribution < -0.4 is 4.98 Å². The molecule has 0 rings (SSSR count). The number of hydrogen-bond donors (Lipinski definition) is 1. The molecule has 0 aromatic carbocycles. The first-order valence-corrected chi connectivity index (χ1v) is 20.4. The summed E-state index contributed by atoms with van der Waals surface area (Å²) in [5.74, 6) is -0.257. The largest absolute Gasteiger partial charge is 0.518 e. The molecule has 0 aliphatic carbocycles. The molecule has 5 nitrogen and oxygen atoms in total. The van der Waals surface area contributed by atoms with Crippen LogP contribution in [0.1, 0.15) is 69.2 Å². The zero-order valence-electron chi connectivity index (χ0n) is 23.5. The zero-order valence-corrected chi connectivity index (χ0v) is 26.5. The maximum absolute atomic E-state index is 13.8. The second-order valence-corrected chi connectivity index (χ2v) is 28.6. The van der Waals surface area contributed by atoms with E-state index >= 15 is 0 Å². The van der Waals surface area contributed by atoms with Gasteiger partial charge < -0.3 is 14.0 Å². The third kappa shape index (κ3) is 7.54. The molecule has 1 amide bonds. The van der Waals surface area contributed by atoms with E-state index in [9.17, 15) is 9.59 Å². The predicted molar refractivity (Wildman–Crippen MR) is 142 cm³/mol. The first-order valence-electron chi connectivity index (χ1n) is 11.6. The van der Waals surface area contributed by atoms with E-state index in [1.54, 1.807) is 0 Å². The standard InChI is InChI=1S/C23H52N2O3Si3/c1-18(24-29(11,12)21(2,3)4)20(27)25(30(13,14)22(5,6)7)17-19(26)28-31(15,16)23(8,9)10/h18,24H,17H2,1-16H3. The number of carbonyl (C=O) groups is 2. The Hall–Kier alpha value is -0.449. The van der Waals surface area contributed by atoms with E-state index in [1.807, 2.05) is 11.5 Å². The number of rotatable bonds is 7. The minimum absolute atomic E-state index is 0.0172. The van der Waals surface area contributed by atoms with Crippen LogP contribution in [0, 0.1) is 0 Å². The van der Waals surface area contributed by atoms with Crippen LogP contribution in [0.5, 0.6) is 0 Å². The lowest BCUT2D eigenvalue weighted by molar-refractivity contribution is -0.141. The van der Waals surface area contributed by atoms with Crippen LogP contribution in [0.15, 0.2) is 0 Å². The van der Waals surface area contributed by atoms with Crippen molar-refractivity contribution in [3.63, 3.8) is 0 Å². The first kappa shape index (κ1) is 30.6. The van der Waals surface area contributed by atoms with E-state index < -0.39 is 24.8 Å². The van der Waals surface area contributed by atoms with E-state index in [0.29, 0.717) is 0 Å². The van der Waals surface area contributed by atoms with E-state index in [1.165, 1.54) is 0 Å². The lowest BCUT2D eigenvalue weighted by Gasteiger charge is -2.48. The molecular weight excluding hydrogens is 437 g/mol. The fraction of sp³-hybridized carbons (Fsp3) is 0.913. The van der Waals surface area contributed by atoms with Crippen molar-refractivity contribution in [2.75, 3.05) is 6.54 Å². The molecule has 0 heterocycles. The van der Waals surface area contributed by atoms with Gasteiger partial charge in [0, 0.05) is 0 Å². The summed E-state index contributed by atoms with van der Waals surface area (Å²) >= 11 is 0. The van der Waals surface area contributed by atoms with Crippen molar-refractivity contribution >= 4 is 36.7 Å². The second-order valence-electron chi connectivity index (χ2n) is 13.7. The van der Waals surface area contributed by atoms with Crippen molar-refractivity contribution < 1.29 is 14.0 Å². The molecule has 0 aliphatic heterocycles. The summed E-state index contributed by atoms with van der Waals surface area (Å²) in [5.41, 5.74) is 0. The maximum atomic E-state index is 13.8. The number of nitrogens with zero attached hydrogens (tertiary/aromatic N) is 1. The van der Waals surface area contributed by atoms with Gasteiger partial charge in [-0.2, -0.15) is 0 Å². The van der Waals surface area contributed by atoms with E-state index in [0.717, 1.165) is 0 Å². The van der Waals surface area contributed by atoms with Crippen LogP contribution in [0.3, 0.4) is 0 Å². The van der Waals surface area contributed by atoms with Crippen LogP contribution in [-0.4, -0.2) is 53.8 Å². The highest BCUT2D eigenvalue weighted by molar-refractivity contribution is 6.80. The topological polar surface area (TPSA) is 58.6 Å². The summed E-state index contributed by atoms with van der Waals surface area (Å²) in [4.78, 5) is 30.5. The SMILES string of the molecule is CC(N[Si](C)(C)C(C)(C)C)C(=O)N(CC(=O)O[Si](C)(C)C(C)(C)C)[Si](C)(C)C(C)(C)C. The summed E-state index contributed by atoms with van der Waals surface area (Å²) in [7, 11) is -6.41. The number of nitrogens with one attached hydrogen (secondary N) is 1. The van der Waals surface area contributed by atoms with Crippen molar-refractivity contribution in [3.8, 4) is 0 Å². The van der Waals surface area contributed by atoms with E-state index in [-0.39, 0.29) is 39.6 Å². The summed E-state index contributed by atoms with van der Waals surface area (Å²) < 4.78 is 7.92. The minimum atomic E-state index is -2.29. The fourth-order valence-electron chi connectivity index (χ4n) is 2.61. The summed E-state index contributed by atoms with van der Waals surface area (Å²) in [6, 6.07) is -0.337. The third-order valence-electron chi connectivity index (χ3n) is 8.06. The predicted octanol–water partition coefficient (Wildman–Crippen LogP) is 6.35. The summed E-state index contributed by atoms with van der Waals surface area (Å²) in [5, 5.41) is -0.0210. The Morgan fingerprint density at radius 2 is 1.23 bits per heavy atom. The molecule has 0 fully saturated rings. The highest BCUT2D eigenvalue weighted by Crippen LogP contribution is 2.40. The summed E-state index contributed by atoms with van der Waals surface area (Å²) in [6.07, 6.45) is 0. The van der Waals surface area contributed by atoms with Gasteiger partial charge in [0.05, 0.1) is 6.04 Å². The molecule has 1 atom stereocenters. The minimum Gasteiger partial charge on any atom is -0.518 e. The average molecular weight is 489 g/mol. The van der Waals surface area contributed by atoms with Crippen LogP contribution in [0.2, 0.25) is 54.4 Å². The quantitative estimate of drug-likeness (QED) is 0.424. The zero-order chi connectivity index (χ0) is 25.4. The second kappa shape index (κ2) is 9.43. The molecule has 8 heteroatoms. The van der Waals surface area contributed by atoms with Crippen molar-refractivity contribution in [2.45, 2.75) is 130 Å². The van der Waals surface area contributed by atoms with Gasteiger partial charge in [0.1, 0.15) is 14.8 Å². The van der Waals surface area contributed by atoms with Crippen molar-refractivity contribution in [1.29, 1.82) is 0 Å². The molecule has 0 bridgehead atoms. The third-order valence-corrected chi connectivity index (χ3v) is 22.7. The maximum Gasteiger partial charge on any atom is 0.311 e. The van der Waals surface area contributed by atoms with Crippen LogP contribution in [0.4, 0.5) is 0 Å². The van der Waals surface area contributed by atoms with Gasteiger partial charge in [-0.05, 0) is 35.1 Å². The fourth-order valence-corrected chi connectivity index (χ4v) is 7.27. The van der Waals surface area contributed by atoms with Crippen molar-refractivity contribution in [1.82, 2.24) is 9.55 Å². The van der Waals surface area contributed by atoms with Gasteiger partial charge in [-0.3, -0.25) is 9.59 Å². The Morgan fingerprint density at radius 3 is 1.55 bits per heavy atom. The molecule has 0 aromatic heterocycles. The van der Waals surface area contributed by atoms with Gasteiger partial charge in [-0.25, -0.2) is 0 Å². The van der Waals surface area contributed by atoms with Crippen LogP contribution in [0.25, 0.3) is 0 Å². The number of amides is 1. The molecule has 0 aliphatic rings. The Kier molecular flexibility index (Phi) is 9.29. The monoisotopic (exact) mass is 488 g/mol. The van der Waals surface area contributed by atoms with Gasteiger partial charge in [-0.15, -0.1) is 0 Å². The highest BCUT2D eigenvalue weighted by Gasteiger charge is 2.48. The van der Waals surface area contributed by atoms with Gasteiger partial charge in [0.25, 0.3) is 8.32 Å². The van der Waals surface area contributed by atoms with Gasteiger partial charge in [0.15, 0.2) is 8.24 Å². The van der Waals surface area contributed by atoms with Gasteiger partial charge >= 0.3 is 5.97 Å². The Bertz CT molecular complexity index is 654. The molecule has 184 valence electrons. The first-order chi connectivity index (χ1) is 13.3. The molecule has 0 aromatic rings. The average Bonchev–Trinajstić information content (AvgIpc) is 2.47. The Morgan fingerprint density at radius 1 is 0.806 bits per heavy atom. The smallest absolute Gasteiger partial charge is 0.311 e. The van der Waals surface area contributed by atoms with Crippen LogP contribution >= 0.6 is 0 Å². The molecular formula is C23H52N2O3Si3. The number of carbonyl (C=O) groups excluding carboxylic acids is 2. The molecule has 0 radical (unpaired) electrons. The van der Waals surface area contributed by atoms with E-state index in [2.05, 4.69) is 107 Å². The summed E-state index contributed by atoms with van der Waals surface area (Å²) in [6.45, 7) is 34.6. The molecule has 0 spiro atoms. The van der Waals surface area contributed by atoms with Gasteiger partial charge in [0.2, 0.25) is 5.91 Å². The van der Waals surface area contributed by atoms with Crippen molar-refractivity contribution in [3.05, 3.63) is 0 Å². The lowest BCUT2D eigenvalue weighted by atomic mass is 10.2. The Labute approximate surface area is 196 Å². The van der Waals surface area contributed by atoms with E-state index in [4.69, 9.17) is 4.43 Å². The highest BCUT2D eigenvalue weighted by atomic mass is 28.4. The molecule has 1 N–H and O–H groups in total. The van der Waals surface area contributed by atoms with Gasteiger partial charge in [-0.1, -0.05) is 88.5 Å².